The van der Waals surface area contributed by atoms with Crippen LogP contribution in [0.25, 0.3) is 0 Å². The first kappa shape index (κ1) is 16.4. The number of piperidine rings is 1. The zero-order chi connectivity index (χ0) is 17.2. The lowest BCUT2D eigenvalue weighted by molar-refractivity contribution is 0.0737. The van der Waals surface area contributed by atoms with Crippen molar-refractivity contribution in [2.75, 3.05) is 18.0 Å². The third-order valence-electron chi connectivity index (χ3n) is 4.43. The summed E-state index contributed by atoms with van der Waals surface area (Å²) in [5.41, 5.74) is 0.229. The maximum atomic E-state index is 9.96. The second kappa shape index (κ2) is 6.57. The molecule has 0 amide bonds. The number of pyridine rings is 1. The van der Waals surface area contributed by atoms with Crippen molar-refractivity contribution in [2.24, 2.45) is 5.92 Å². The fourth-order valence-electron chi connectivity index (χ4n) is 2.92. The van der Waals surface area contributed by atoms with E-state index in [1.54, 1.807) is 20.0 Å². The Morgan fingerprint density at radius 1 is 1.33 bits per heavy atom. The molecule has 2 aromatic heterocycles. The monoisotopic (exact) mass is 326 g/mol. The van der Waals surface area contributed by atoms with Crippen molar-refractivity contribution in [3.8, 4) is 6.07 Å². The van der Waals surface area contributed by atoms with Crippen LogP contribution < -0.4 is 4.90 Å². The van der Waals surface area contributed by atoms with E-state index < -0.39 is 5.60 Å². The molecule has 0 spiro atoms. The third kappa shape index (κ3) is 3.71. The fraction of sp³-hybridized carbons (Fsp3) is 0.529. The molecule has 2 aromatic rings. The van der Waals surface area contributed by atoms with Gasteiger partial charge >= 0.3 is 0 Å². The molecule has 7 nitrogen and oxygen atoms in total. The van der Waals surface area contributed by atoms with Crippen LogP contribution in [-0.2, 0) is 12.1 Å². The maximum Gasteiger partial charge on any atom is 0.128 e. The molecule has 1 aliphatic rings. The van der Waals surface area contributed by atoms with E-state index in [2.05, 4.69) is 26.3 Å². The van der Waals surface area contributed by atoms with E-state index >= 15 is 0 Å². The number of hydrogen-bond donors (Lipinski definition) is 1. The molecule has 0 bridgehead atoms. The van der Waals surface area contributed by atoms with Crippen molar-refractivity contribution >= 4 is 5.82 Å². The first-order valence-electron chi connectivity index (χ1n) is 8.20. The van der Waals surface area contributed by atoms with Gasteiger partial charge in [0.15, 0.2) is 0 Å². The van der Waals surface area contributed by atoms with E-state index in [4.69, 9.17) is 5.26 Å². The number of aromatic nitrogens is 4. The average molecular weight is 326 g/mol. The third-order valence-corrected chi connectivity index (χ3v) is 4.43. The van der Waals surface area contributed by atoms with Gasteiger partial charge < -0.3 is 10.0 Å². The van der Waals surface area contributed by atoms with Crippen molar-refractivity contribution in [3.63, 3.8) is 0 Å². The number of anilines is 1. The van der Waals surface area contributed by atoms with Crippen molar-refractivity contribution in [1.82, 2.24) is 20.0 Å². The highest BCUT2D eigenvalue weighted by Crippen LogP contribution is 2.23. The number of aliphatic hydroxyl groups is 1. The normalized spacial score (nSPS) is 16.2. The topological polar surface area (TPSA) is 90.9 Å². The van der Waals surface area contributed by atoms with Crippen LogP contribution in [0.5, 0.6) is 0 Å². The summed E-state index contributed by atoms with van der Waals surface area (Å²) in [4.78, 5) is 6.61. The summed E-state index contributed by atoms with van der Waals surface area (Å²) in [5, 5.41) is 27.0. The lowest BCUT2D eigenvalue weighted by Gasteiger charge is -2.32. The largest absolute Gasteiger partial charge is 0.384 e. The van der Waals surface area contributed by atoms with E-state index in [1.807, 2.05) is 23.0 Å². The van der Waals surface area contributed by atoms with Crippen LogP contribution in [-0.4, -0.2) is 38.2 Å². The lowest BCUT2D eigenvalue weighted by Crippen LogP contribution is -2.35. The molecule has 1 fully saturated rings. The van der Waals surface area contributed by atoms with E-state index in [9.17, 15) is 5.11 Å². The van der Waals surface area contributed by atoms with Crippen molar-refractivity contribution in [3.05, 3.63) is 35.8 Å². The fourth-order valence-corrected chi connectivity index (χ4v) is 2.92. The molecule has 3 heterocycles. The first-order chi connectivity index (χ1) is 11.5. The smallest absolute Gasteiger partial charge is 0.128 e. The number of nitrogens with zero attached hydrogens (tertiary/aromatic N) is 6. The van der Waals surface area contributed by atoms with Crippen molar-refractivity contribution in [2.45, 2.75) is 38.8 Å². The maximum absolute atomic E-state index is 9.96. The molecule has 7 heteroatoms. The highest BCUT2D eigenvalue weighted by Gasteiger charge is 2.23. The second-order valence-corrected chi connectivity index (χ2v) is 6.83. The summed E-state index contributed by atoms with van der Waals surface area (Å²) >= 11 is 0. The average Bonchev–Trinajstić information content (AvgIpc) is 3.05. The molecule has 24 heavy (non-hydrogen) atoms. The molecule has 1 saturated heterocycles. The molecule has 0 unspecified atom stereocenters. The minimum atomic E-state index is -0.955. The van der Waals surface area contributed by atoms with Gasteiger partial charge in [0.05, 0.1) is 11.8 Å². The Morgan fingerprint density at radius 3 is 2.62 bits per heavy atom. The van der Waals surface area contributed by atoms with Crippen LogP contribution >= 0.6 is 0 Å². The molecule has 126 valence electrons. The van der Waals surface area contributed by atoms with Gasteiger partial charge in [-0.2, -0.15) is 5.26 Å². The Hall–Kier alpha value is -2.46. The highest BCUT2D eigenvalue weighted by molar-refractivity contribution is 5.42. The Kier molecular flexibility index (Phi) is 4.49. The summed E-state index contributed by atoms with van der Waals surface area (Å²) in [6.07, 6.45) is 5.56. The lowest BCUT2D eigenvalue weighted by atomic mass is 9.97. The van der Waals surface area contributed by atoms with Crippen LogP contribution in [0.2, 0.25) is 0 Å². The molecule has 1 aliphatic heterocycles. The van der Waals surface area contributed by atoms with E-state index in [-0.39, 0.29) is 0 Å². The molecule has 0 aliphatic carbocycles. The summed E-state index contributed by atoms with van der Waals surface area (Å²) in [5.74, 6) is 1.47. The summed E-state index contributed by atoms with van der Waals surface area (Å²) in [7, 11) is 0. The van der Waals surface area contributed by atoms with Gasteiger partial charge in [-0.1, -0.05) is 5.21 Å². The van der Waals surface area contributed by atoms with Crippen LogP contribution in [0.15, 0.2) is 24.5 Å². The Labute approximate surface area is 141 Å². The predicted molar refractivity (Wildman–Crippen MR) is 89.2 cm³/mol. The van der Waals surface area contributed by atoms with Crippen molar-refractivity contribution < 1.29 is 5.11 Å². The molecule has 0 saturated carbocycles. The van der Waals surface area contributed by atoms with Gasteiger partial charge in [-0.25, -0.2) is 4.98 Å². The van der Waals surface area contributed by atoms with Gasteiger partial charge in [-0.05, 0) is 44.7 Å². The molecular formula is C17H22N6O. The summed E-state index contributed by atoms with van der Waals surface area (Å²) in [6.45, 7) is 6.12. The Balaban J connectivity index is 1.55. The SMILES string of the molecule is CC(C)(O)c1cn(CC2CCN(c3ccc(C#N)cn3)CC2)nn1. The van der Waals surface area contributed by atoms with Gasteiger partial charge in [0, 0.05) is 25.8 Å². The molecule has 1 N–H and O–H groups in total. The van der Waals surface area contributed by atoms with E-state index in [0.717, 1.165) is 38.3 Å². The van der Waals surface area contributed by atoms with Gasteiger partial charge in [0.2, 0.25) is 0 Å². The van der Waals surface area contributed by atoms with Gasteiger partial charge in [0.1, 0.15) is 23.2 Å². The Morgan fingerprint density at radius 2 is 2.08 bits per heavy atom. The van der Waals surface area contributed by atoms with Gasteiger partial charge in [0.25, 0.3) is 0 Å². The standard InChI is InChI=1S/C17H22N6O/c1-17(2,24)15-12-23(21-20-15)11-13-5-7-22(8-6-13)16-4-3-14(9-18)10-19-16/h3-4,10,12-13,24H,5-8,11H2,1-2H3. The first-order valence-corrected chi connectivity index (χ1v) is 8.20. The number of nitriles is 1. The van der Waals surface area contributed by atoms with Gasteiger partial charge in [-0.15, -0.1) is 5.10 Å². The highest BCUT2D eigenvalue weighted by atomic mass is 16.3. The minimum absolute atomic E-state index is 0.538. The minimum Gasteiger partial charge on any atom is -0.384 e. The second-order valence-electron chi connectivity index (χ2n) is 6.83. The summed E-state index contributed by atoms with van der Waals surface area (Å²) in [6, 6.07) is 5.81. The van der Waals surface area contributed by atoms with Crippen LogP contribution in [0, 0.1) is 17.2 Å². The molecule has 0 aromatic carbocycles. The van der Waals surface area contributed by atoms with Crippen LogP contribution in [0.3, 0.4) is 0 Å². The zero-order valence-corrected chi connectivity index (χ0v) is 14.1. The van der Waals surface area contributed by atoms with E-state index in [0.29, 0.717) is 17.2 Å². The number of rotatable bonds is 4. The van der Waals surface area contributed by atoms with Crippen molar-refractivity contribution in [1.29, 1.82) is 5.26 Å². The molecule has 0 radical (unpaired) electrons. The molecule has 3 rings (SSSR count). The Bertz CT molecular complexity index is 717. The molecular weight excluding hydrogens is 304 g/mol. The zero-order valence-electron chi connectivity index (χ0n) is 14.1. The van der Waals surface area contributed by atoms with Crippen LogP contribution in [0.1, 0.15) is 37.9 Å². The quantitative estimate of drug-likeness (QED) is 0.919. The molecule has 0 atom stereocenters. The predicted octanol–water partition coefficient (Wildman–Crippen LogP) is 1.69. The van der Waals surface area contributed by atoms with Gasteiger partial charge in [-0.3, -0.25) is 4.68 Å². The van der Waals surface area contributed by atoms with Crippen LogP contribution in [0.4, 0.5) is 5.82 Å². The number of hydrogen-bond acceptors (Lipinski definition) is 6. The van der Waals surface area contributed by atoms with E-state index in [1.165, 1.54) is 0 Å². The summed E-state index contributed by atoms with van der Waals surface area (Å²) < 4.78 is 1.83.